The molecule has 0 aromatic heterocycles. The molecule has 0 fully saturated rings. The van der Waals surface area contributed by atoms with Crippen LogP contribution >= 0.6 is 0 Å². The second-order valence-electron chi connectivity index (χ2n) is 4.13. The van der Waals surface area contributed by atoms with Crippen LogP contribution in [0.4, 0.5) is 0 Å². The van der Waals surface area contributed by atoms with E-state index in [0.29, 0.717) is 0 Å². The number of carbonyl (C=O) groups is 3. The van der Waals surface area contributed by atoms with Gasteiger partial charge in [0.05, 0.1) is 0 Å². The summed E-state index contributed by atoms with van der Waals surface area (Å²) in [5.41, 5.74) is 2.34. The SMILES string of the molecule is CC(C)[C@H](NC(=O)C1=NNC(=O)CC1)C(=O)O. The van der Waals surface area contributed by atoms with Crippen LogP contribution in [0.2, 0.25) is 0 Å². The van der Waals surface area contributed by atoms with Crippen molar-refractivity contribution in [3.8, 4) is 0 Å². The zero-order valence-corrected chi connectivity index (χ0v) is 9.69. The zero-order valence-electron chi connectivity index (χ0n) is 9.69. The molecule has 0 aromatic rings. The average Bonchev–Trinajstić information content (AvgIpc) is 2.25. The standard InChI is InChI=1S/C10H15N3O4/c1-5(2)8(10(16)17)11-9(15)6-3-4-7(14)13-12-6/h5,8H,3-4H2,1-2H3,(H,11,15)(H,13,14)(H,16,17)/t8-/m0/s1. The average molecular weight is 241 g/mol. The van der Waals surface area contributed by atoms with Crippen molar-refractivity contribution >= 4 is 23.5 Å². The molecule has 2 amide bonds. The fourth-order valence-electron chi connectivity index (χ4n) is 1.38. The number of aliphatic carboxylic acids is 1. The highest BCUT2D eigenvalue weighted by Crippen LogP contribution is 2.04. The lowest BCUT2D eigenvalue weighted by atomic mass is 10.0. The Morgan fingerprint density at radius 2 is 2.06 bits per heavy atom. The van der Waals surface area contributed by atoms with Crippen LogP contribution < -0.4 is 10.7 Å². The monoisotopic (exact) mass is 241 g/mol. The Morgan fingerprint density at radius 1 is 1.41 bits per heavy atom. The molecule has 1 aliphatic rings. The molecule has 0 saturated heterocycles. The Kier molecular flexibility index (Phi) is 4.19. The molecule has 0 radical (unpaired) electrons. The Bertz CT molecular complexity index is 376. The number of rotatable bonds is 4. The predicted molar refractivity (Wildman–Crippen MR) is 59.2 cm³/mol. The van der Waals surface area contributed by atoms with E-state index in [-0.39, 0.29) is 30.4 Å². The molecular weight excluding hydrogens is 226 g/mol. The van der Waals surface area contributed by atoms with Crippen molar-refractivity contribution in [1.29, 1.82) is 0 Å². The maximum Gasteiger partial charge on any atom is 0.326 e. The quantitative estimate of drug-likeness (QED) is 0.615. The molecule has 0 bridgehead atoms. The van der Waals surface area contributed by atoms with Gasteiger partial charge in [-0.2, -0.15) is 5.10 Å². The van der Waals surface area contributed by atoms with Gasteiger partial charge in [0.25, 0.3) is 5.91 Å². The van der Waals surface area contributed by atoms with Crippen LogP contribution in [-0.2, 0) is 14.4 Å². The van der Waals surface area contributed by atoms with Crippen molar-refractivity contribution in [3.05, 3.63) is 0 Å². The normalized spacial score (nSPS) is 17.1. The lowest BCUT2D eigenvalue weighted by molar-refractivity contribution is -0.142. The molecule has 0 saturated carbocycles. The van der Waals surface area contributed by atoms with E-state index in [9.17, 15) is 14.4 Å². The van der Waals surface area contributed by atoms with E-state index in [4.69, 9.17) is 5.11 Å². The maximum atomic E-state index is 11.7. The third kappa shape index (κ3) is 3.54. The summed E-state index contributed by atoms with van der Waals surface area (Å²) in [6.45, 7) is 3.40. The first kappa shape index (κ1) is 13.1. The number of nitrogens with zero attached hydrogens (tertiary/aromatic N) is 1. The van der Waals surface area contributed by atoms with Crippen molar-refractivity contribution in [2.24, 2.45) is 11.0 Å². The van der Waals surface area contributed by atoms with Crippen LogP contribution in [0.5, 0.6) is 0 Å². The molecule has 7 heteroatoms. The Labute approximate surface area is 98.3 Å². The number of amides is 2. The molecule has 7 nitrogen and oxygen atoms in total. The minimum Gasteiger partial charge on any atom is -0.480 e. The van der Waals surface area contributed by atoms with E-state index in [1.165, 1.54) is 0 Å². The van der Waals surface area contributed by atoms with E-state index in [0.717, 1.165) is 0 Å². The summed E-state index contributed by atoms with van der Waals surface area (Å²) in [6, 6.07) is -0.956. The fourth-order valence-corrected chi connectivity index (χ4v) is 1.38. The molecule has 3 N–H and O–H groups in total. The summed E-state index contributed by atoms with van der Waals surface area (Å²) in [6.07, 6.45) is 0.410. The first-order valence-electron chi connectivity index (χ1n) is 5.31. The third-order valence-corrected chi connectivity index (χ3v) is 2.39. The van der Waals surface area contributed by atoms with Gasteiger partial charge in [0.2, 0.25) is 5.91 Å². The Morgan fingerprint density at radius 3 is 2.47 bits per heavy atom. The van der Waals surface area contributed by atoms with E-state index in [1.807, 2.05) is 0 Å². The minimum absolute atomic E-state index is 0.150. The highest BCUT2D eigenvalue weighted by molar-refractivity contribution is 6.39. The van der Waals surface area contributed by atoms with Crippen LogP contribution in [0, 0.1) is 5.92 Å². The molecule has 94 valence electrons. The van der Waals surface area contributed by atoms with Crippen LogP contribution in [0.3, 0.4) is 0 Å². The van der Waals surface area contributed by atoms with Gasteiger partial charge in [0.1, 0.15) is 11.8 Å². The van der Waals surface area contributed by atoms with Crippen LogP contribution in [0.15, 0.2) is 5.10 Å². The van der Waals surface area contributed by atoms with Crippen LogP contribution in [0.1, 0.15) is 26.7 Å². The second-order valence-corrected chi connectivity index (χ2v) is 4.13. The number of hydrogen-bond acceptors (Lipinski definition) is 4. The summed E-state index contributed by atoms with van der Waals surface area (Å²) in [7, 11) is 0. The van der Waals surface area contributed by atoms with Crippen molar-refractivity contribution in [2.45, 2.75) is 32.7 Å². The number of nitrogens with one attached hydrogen (secondary N) is 2. The molecule has 17 heavy (non-hydrogen) atoms. The van der Waals surface area contributed by atoms with Gasteiger partial charge < -0.3 is 10.4 Å². The largest absolute Gasteiger partial charge is 0.480 e. The summed E-state index contributed by atoms with van der Waals surface area (Å²) < 4.78 is 0. The molecule has 1 heterocycles. The van der Waals surface area contributed by atoms with E-state index in [2.05, 4.69) is 15.8 Å². The Balaban J connectivity index is 2.65. The van der Waals surface area contributed by atoms with Gasteiger partial charge in [-0.25, -0.2) is 10.2 Å². The second kappa shape index (κ2) is 5.42. The van der Waals surface area contributed by atoms with Gasteiger partial charge in [-0.1, -0.05) is 13.8 Å². The molecular formula is C10H15N3O4. The van der Waals surface area contributed by atoms with Gasteiger partial charge in [0.15, 0.2) is 0 Å². The lowest BCUT2D eigenvalue weighted by Gasteiger charge is -2.19. The first-order valence-corrected chi connectivity index (χ1v) is 5.31. The summed E-state index contributed by atoms with van der Waals surface area (Å²) in [5, 5.41) is 14.9. The van der Waals surface area contributed by atoms with Crippen molar-refractivity contribution < 1.29 is 19.5 Å². The van der Waals surface area contributed by atoms with Gasteiger partial charge in [0, 0.05) is 12.8 Å². The fraction of sp³-hybridized carbons (Fsp3) is 0.600. The van der Waals surface area contributed by atoms with E-state index in [1.54, 1.807) is 13.8 Å². The van der Waals surface area contributed by atoms with Gasteiger partial charge >= 0.3 is 5.97 Å². The van der Waals surface area contributed by atoms with E-state index >= 15 is 0 Å². The third-order valence-electron chi connectivity index (χ3n) is 2.39. The molecule has 1 rings (SSSR count). The minimum atomic E-state index is -1.09. The van der Waals surface area contributed by atoms with E-state index < -0.39 is 17.9 Å². The summed E-state index contributed by atoms with van der Waals surface area (Å²) >= 11 is 0. The molecule has 1 atom stereocenters. The van der Waals surface area contributed by atoms with Crippen molar-refractivity contribution in [2.75, 3.05) is 0 Å². The first-order chi connectivity index (χ1) is 7.91. The lowest BCUT2D eigenvalue weighted by Crippen LogP contribution is -2.48. The molecule has 0 aromatic carbocycles. The summed E-state index contributed by atoms with van der Waals surface area (Å²) in [5.74, 6) is -2.12. The number of carbonyl (C=O) groups excluding carboxylic acids is 2. The smallest absolute Gasteiger partial charge is 0.326 e. The van der Waals surface area contributed by atoms with Gasteiger partial charge in [-0.3, -0.25) is 9.59 Å². The molecule has 0 spiro atoms. The number of carboxylic acids is 1. The van der Waals surface area contributed by atoms with Crippen LogP contribution in [-0.4, -0.2) is 34.6 Å². The molecule has 0 aliphatic carbocycles. The topological polar surface area (TPSA) is 108 Å². The zero-order chi connectivity index (χ0) is 13.0. The predicted octanol–water partition coefficient (Wildman–Crippen LogP) is -0.522. The highest BCUT2D eigenvalue weighted by atomic mass is 16.4. The van der Waals surface area contributed by atoms with Crippen LogP contribution in [0.25, 0.3) is 0 Å². The molecule has 1 aliphatic heterocycles. The highest BCUT2D eigenvalue weighted by Gasteiger charge is 2.26. The number of hydrogen-bond donors (Lipinski definition) is 3. The van der Waals surface area contributed by atoms with Crippen molar-refractivity contribution in [3.63, 3.8) is 0 Å². The summed E-state index contributed by atoms with van der Waals surface area (Å²) in [4.78, 5) is 33.4. The van der Waals surface area contributed by atoms with Gasteiger partial charge in [-0.05, 0) is 5.92 Å². The van der Waals surface area contributed by atoms with Crippen molar-refractivity contribution in [1.82, 2.24) is 10.7 Å². The van der Waals surface area contributed by atoms with Gasteiger partial charge in [-0.15, -0.1) is 0 Å². The number of hydrazone groups is 1. The Hall–Kier alpha value is -1.92. The maximum absolute atomic E-state index is 11.7. The number of carboxylic acid groups (broad SMARTS) is 1. The molecule has 0 unspecified atom stereocenters.